The van der Waals surface area contributed by atoms with Gasteiger partial charge in [0.15, 0.2) is 0 Å². The summed E-state index contributed by atoms with van der Waals surface area (Å²) < 4.78 is 0. The molecule has 0 heterocycles. The number of isothiocyanates is 1. The summed E-state index contributed by atoms with van der Waals surface area (Å²) in [6, 6.07) is 10.8. The molecule has 0 N–H and O–H groups in total. The van der Waals surface area contributed by atoms with Gasteiger partial charge in [-0.3, -0.25) is 0 Å². The molecule has 55 valence electrons. The molecular formula is C9H8NS. The second kappa shape index (κ2) is 4.02. The molecule has 0 fully saturated rings. The first kappa shape index (κ1) is 8.12. The zero-order valence-corrected chi connectivity index (χ0v) is 7.06. The monoisotopic (exact) mass is 162 g/mol. The highest BCUT2D eigenvalue weighted by atomic mass is 32.1. The molecule has 1 radical (unpaired) electrons. The van der Waals surface area contributed by atoms with Gasteiger partial charge in [0.25, 0.3) is 0 Å². The van der Waals surface area contributed by atoms with Crippen LogP contribution in [-0.4, -0.2) is 5.16 Å². The van der Waals surface area contributed by atoms with Gasteiger partial charge in [0.1, 0.15) is 6.04 Å². The molecule has 0 aliphatic heterocycles. The topological polar surface area (TPSA) is 12.4 Å². The molecule has 0 spiro atoms. The highest BCUT2D eigenvalue weighted by Crippen LogP contribution is 2.13. The van der Waals surface area contributed by atoms with Crippen LogP contribution in [0.3, 0.4) is 0 Å². The first-order chi connectivity index (χ1) is 5.34. The van der Waals surface area contributed by atoms with Crippen molar-refractivity contribution in [1.29, 1.82) is 0 Å². The van der Waals surface area contributed by atoms with Crippen LogP contribution in [0.4, 0.5) is 0 Å². The summed E-state index contributed by atoms with van der Waals surface area (Å²) in [7, 11) is 0. The molecule has 0 aromatic heterocycles. The van der Waals surface area contributed by atoms with E-state index in [0.717, 1.165) is 11.6 Å². The van der Waals surface area contributed by atoms with Gasteiger partial charge in [-0.1, -0.05) is 30.3 Å². The van der Waals surface area contributed by atoms with Crippen molar-refractivity contribution in [2.75, 3.05) is 0 Å². The highest BCUT2D eigenvalue weighted by molar-refractivity contribution is 7.78. The van der Waals surface area contributed by atoms with E-state index in [1.54, 1.807) is 0 Å². The minimum absolute atomic E-state index is 0.903. The lowest BCUT2D eigenvalue weighted by atomic mass is 10.1. The van der Waals surface area contributed by atoms with Gasteiger partial charge in [0.2, 0.25) is 0 Å². The molecule has 0 unspecified atom stereocenters. The average molecular weight is 162 g/mol. The van der Waals surface area contributed by atoms with Crippen LogP contribution in [-0.2, 0) is 0 Å². The van der Waals surface area contributed by atoms with E-state index in [0.29, 0.717) is 0 Å². The summed E-state index contributed by atoms with van der Waals surface area (Å²) in [5.74, 6) is 0. The standard InChI is InChI=1S/C9H8NS/c1-8(10-7-11)9-5-3-2-4-6-9/h2-6H,1H3. The van der Waals surface area contributed by atoms with Crippen molar-refractivity contribution in [3.05, 3.63) is 41.9 Å². The van der Waals surface area contributed by atoms with Gasteiger partial charge < -0.3 is 0 Å². The van der Waals surface area contributed by atoms with E-state index in [9.17, 15) is 0 Å². The average Bonchev–Trinajstić information content (AvgIpc) is 2.07. The molecule has 1 aromatic carbocycles. The van der Waals surface area contributed by atoms with Crippen molar-refractivity contribution in [3.63, 3.8) is 0 Å². The molecule has 0 aliphatic rings. The lowest BCUT2D eigenvalue weighted by Crippen LogP contribution is -1.87. The van der Waals surface area contributed by atoms with Gasteiger partial charge in [-0.25, -0.2) is 4.99 Å². The number of benzene rings is 1. The molecule has 0 saturated heterocycles. The lowest BCUT2D eigenvalue weighted by molar-refractivity contribution is 1.10. The Labute approximate surface area is 71.8 Å². The fourth-order valence-electron chi connectivity index (χ4n) is 0.812. The first-order valence-corrected chi connectivity index (χ1v) is 3.72. The third-order valence-electron chi connectivity index (χ3n) is 1.40. The second-order valence-corrected chi connectivity index (χ2v) is 2.34. The number of hydrogen-bond donors (Lipinski definition) is 0. The molecule has 1 aromatic rings. The Morgan fingerprint density at radius 3 is 2.55 bits per heavy atom. The maximum Gasteiger partial charge on any atom is 0.123 e. The van der Waals surface area contributed by atoms with Gasteiger partial charge in [-0.2, -0.15) is 0 Å². The van der Waals surface area contributed by atoms with E-state index in [2.05, 4.69) is 22.4 Å². The SMILES string of the molecule is C[C](N=C=S)c1ccccc1. The predicted molar refractivity (Wildman–Crippen MR) is 49.5 cm³/mol. The van der Waals surface area contributed by atoms with Crippen molar-refractivity contribution in [3.8, 4) is 0 Å². The van der Waals surface area contributed by atoms with Crippen LogP contribution in [0, 0.1) is 6.04 Å². The Morgan fingerprint density at radius 2 is 2.00 bits per heavy atom. The summed E-state index contributed by atoms with van der Waals surface area (Å²) in [6.45, 7) is 1.91. The normalized spacial score (nSPS) is 9.27. The summed E-state index contributed by atoms with van der Waals surface area (Å²) in [5.41, 5.74) is 1.09. The zero-order valence-electron chi connectivity index (χ0n) is 6.24. The summed E-state index contributed by atoms with van der Waals surface area (Å²) in [5, 5.41) is 2.34. The smallest absolute Gasteiger partial charge is 0.123 e. The van der Waals surface area contributed by atoms with Crippen LogP contribution < -0.4 is 0 Å². The summed E-state index contributed by atoms with van der Waals surface area (Å²) in [6.07, 6.45) is 0. The zero-order chi connectivity index (χ0) is 8.10. The first-order valence-electron chi connectivity index (χ1n) is 3.31. The minimum atomic E-state index is 0.903. The maximum atomic E-state index is 4.49. The van der Waals surface area contributed by atoms with E-state index in [-0.39, 0.29) is 0 Å². The molecule has 0 aliphatic carbocycles. The van der Waals surface area contributed by atoms with Crippen LogP contribution in [0.15, 0.2) is 35.3 Å². The van der Waals surface area contributed by atoms with E-state index < -0.39 is 0 Å². The van der Waals surface area contributed by atoms with Crippen molar-refractivity contribution < 1.29 is 0 Å². The molecule has 11 heavy (non-hydrogen) atoms. The van der Waals surface area contributed by atoms with Crippen molar-refractivity contribution in [2.45, 2.75) is 6.92 Å². The van der Waals surface area contributed by atoms with Crippen molar-refractivity contribution in [1.82, 2.24) is 0 Å². The predicted octanol–water partition coefficient (Wildman–Crippen LogP) is 2.69. The Morgan fingerprint density at radius 1 is 1.36 bits per heavy atom. The fraction of sp³-hybridized carbons (Fsp3) is 0.111. The van der Waals surface area contributed by atoms with Crippen LogP contribution in [0.2, 0.25) is 0 Å². The minimum Gasteiger partial charge on any atom is -0.218 e. The molecule has 2 heteroatoms. The molecule has 0 atom stereocenters. The Bertz CT molecular complexity index is 262. The molecule has 0 bridgehead atoms. The van der Waals surface area contributed by atoms with Gasteiger partial charge in [-0.15, -0.1) is 0 Å². The van der Waals surface area contributed by atoms with Gasteiger partial charge in [0.05, 0.1) is 5.16 Å². The quantitative estimate of drug-likeness (QED) is 0.481. The number of thiocarbonyl (C=S) groups is 1. The Hall–Kier alpha value is -0.980. The van der Waals surface area contributed by atoms with Crippen LogP contribution in [0.1, 0.15) is 12.5 Å². The van der Waals surface area contributed by atoms with E-state index in [1.165, 1.54) is 0 Å². The van der Waals surface area contributed by atoms with Crippen LogP contribution in [0.5, 0.6) is 0 Å². The van der Waals surface area contributed by atoms with Crippen LogP contribution >= 0.6 is 12.2 Å². The van der Waals surface area contributed by atoms with Gasteiger partial charge in [0, 0.05) is 0 Å². The number of hydrogen-bond acceptors (Lipinski definition) is 2. The van der Waals surface area contributed by atoms with Crippen molar-refractivity contribution in [2.24, 2.45) is 4.99 Å². The highest BCUT2D eigenvalue weighted by Gasteiger charge is 2.00. The van der Waals surface area contributed by atoms with E-state index >= 15 is 0 Å². The Balaban J connectivity index is 2.84. The molecule has 0 amide bonds. The second-order valence-electron chi connectivity index (χ2n) is 2.15. The summed E-state index contributed by atoms with van der Waals surface area (Å²) >= 11 is 4.49. The van der Waals surface area contributed by atoms with E-state index in [1.807, 2.05) is 37.3 Å². The van der Waals surface area contributed by atoms with Crippen LogP contribution in [0.25, 0.3) is 0 Å². The van der Waals surface area contributed by atoms with Gasteiger partial charge in [-0.05, 0) is 24.7 Å². The molecule has 1 rings (SSSR count). The Kier molecular flexibility index (Phi) is 2.96. The number of aliphatic imine (C=N–C) groups is 1. The number of rotatable bonds is 2. The molecule has 0 saturated carbocycles. The van der Waals surface area contributed by atoms with E-state index in [4.69, 9.17) is 0 Å². The third kappa shape index (κ3) is 2.26. The van der Waals surface area contributed by atoms with Gasteiger partial charge >= 0.3 is 0 Å². The fourth-order valence-corrected chi connectivity index (χ4v) is 0.949. The third-order valence-corrected chi connectivity index (χ3v) is 1.50. The molecule has 1 nitrogen and oxygen atoms in total. The largest absolute Gasteiger partial charge is 0.218 e. The lowest BCUT2D eigenvalue weighted by Gasteiger charge is -2.00. The van der Waals surface area contributed by atoms with Crippen molar-refractivity contribution >= 4 is 17.4 Å². The number of nitrogens with zero attached hydrogens (tertiary/aromatic N) is 1. The molecular weight excluding hydrogens is 154 g/mol. The maximum absolute atomic E-state index is 4.49. The summed E-state index contributed by atoms with van der Waals surface area (Å²) in [4.78, 5) is 3.88.